The van der Waals surface area contributed by atoms with Crippen LogP contribution in [0.25, 0.3) is 0 Å². The van der Waals surface area contributed by atoms with E-state index in [1.807, 2.05) is 11.0 Å². The van der Waals surface area contributed by atoms with Crippen molar-refractivity contribution in [1.29, 1.82) is 0 Å². The molecule has 1 amide bonds. The number of rotatable bonds is 4. The van der Waals surface area contributed by atoms with Gasteiger partial charge in [0, 0.05) is 31.3 Å². The van der Waals surface area contributed by atoms with Crippen LogP contribution >= 0.6 is 0 Å². The number of hydrogen-bond donors (Lipinski definition) is 1. The lowest BCUT2D eigenvalue weighted by Crippen LogP contribution is -2.51. The highest BCUT2D eigenvalue weighted by atomic mass is 16.5. The molecule has 5 nitrogen and oxygen atoms in total. The predicted octanol–water partition coefficient (Wildman–Crippen LogP) is 4.24. The highest BCUT2D eigenvalue weighted by Gasteiger charge is 2.41. The average molecular weight is 394 g/mol. The first-order chi connectivity index (χ1) is 14.1. The smallest absolute Gasteiger partial charge is 0.274 e. The Morgan fingerprint density at radius 2 is 1.97 bits per heavy atom. The summed E-state index contributed by atoms with van der Waals surface area (Å²) in [5.74, 6) is 1.32. The lowest BCUT2D eigenvalue weighted by atomic mass is 9.77. The van der Waals surface area contributed by atoms with Crippen LogP contribution in [0.15, 0.2) is 30.3 Å². The number of aromatic nitrogens is 2. The molecule has 1 aromatic heterocycles. The van der Waals surface area contributed by atoms with Crippen molar-refractivity contribution in [2.45, 2.75) is 63.4 Å². The molecule has 0 radical (unpaired) electrons. The molecule has 0 bridgehead atoms. The van der Waals surface area contributed by atoms with Gasteiger partial charge in [0.2, 0.25) is 0 Å². The molecule has 1 aliphatic carbocycles. The third-order valence-corrected chi connectivity index (χ3v) is 7.04. The maximum absolute atomic E-state index is 12.9. The van der Waals surface area contributed by atoms with E-state index < -0.39 is 0 Å². The van der Waals surface area contributed by atoms with Crippen molar-refractivity contribution < 1.29 is 9.53 Å². The fourth-order valence-corrected chi connectivity index (χ4v) is 5.04. The topological polar surface area (TPSA) is 58.2 Å². The van der Waals surface area contributed by atoms with Crippen molar-refractivity contribution in [3.63, 3.8) is 0 Å². The fraction of sp³-hybridized carbons (Fsp3) is 0.583. The molecule has 1 unspecified atom stereocenters. The Morgan fingerprint density at radius 1 is 1.21 bits per heavy atom. The summed E-state index contributed by atoms with van der Waals surface area (Å²) in [6.45, 7) is 4.51. The maximum Gasteiger partial charge on any atom is 0.274 e. The summed E-state index contributed by atoms with van der Waals surface area (Å²) in [6, 6.07) is 10.9. The average Bonchev–Trinajstić information content (AvgIpc) is 3.47. The zero-order valence-electron chi connectivity index (χ0n) is 17.3. The van der Waals surface area contributed by atoms with Gasteiger partial charge < -0.3 is 9.64 Å². The normalized spacial score (nSPS) is 24.0. The van der Waals surface area contributed by atoms with E-state index in [-0.39, 0.29) is 11.5 Å². The number of likely N-dealkylation sites (tertiary alicyclic amines) is 1. The molecule has 154 valence electrons. The third-order valence-electron chi connectivity index (χ3n) is 7.04. The largest absolute Gasteiger partial charge is 0.375 e. The molecule has 3 fully saturated rings. The number of benzene rings is 1. The van der Waals surface area contributed by atoms with Crippen LogP contribution in [0.5, 0.6) is 0 Å². The molecule has 1 spiro atoms. The molecule has 3 aliphatic rings. The Bertz CT molecular complexity index is 861. The Balaban J connectivity index is 1.18. The molecule has 1 atom stereocenters. The Hall–Kier alpha value is -2.14. The van der Waals surface area contributed by atoms with Gasteiger partial charge in [-0.1, -0.05) is 29.8 Å². The van der Waals surface area contributed by atoms with E-state index in [1.165, 1.54) is 24.0 Å². The first-order valence-corrected chi connectivity index (χ1v) is 11.1. The Labute approximate surface area is 172 Å². The first kappa shape index (κ1) is 18.9. The van der Waals surface area contributed by atoms with E-state index in [0.717, 1.165) is 57.5 Å². The van der Waals surface area contributed by atoms with Gasteiger partial charge in [0.05, 0.1) is 5.60 Å². The molecule has 1 saturated carbocycles. The van der Waals surface area contributed by atoms with Gasteiger partial charge in [-0.05, 0) is 69.4 Å². The van der Waals surface area contributed by atoms with Crippen molar-refractivity contribution in [3.05, 3.63) is 52.8 Å². The highest BCUT2D eigenvalue weighted by Crippen LogP contribution is 2.40. The van der Waals surface area contributed by atoms with Crippen LogP contribution < -0.4 is 0 Å². The Kier molecular flexibility index (Phi) is 4.94. The van der Waals surface area contributed by atoms with Gasteiger partial charge in [-0.3, -0.25) is 9.89 Å². The van der Waals surface area contributed by atoms with Crippen LogP contribution in [0.1, 0.15) is 71.8 Å². The quantitative estimate of drug-likeness (QED) is 0.845. The summed E-state index contributed by atoms with van der Waals surface area (Å²) in [4.78, 5) is 14.8. The van der Waals surface area contributed by atoms with Gasteiger partial charge in [-0.25, -0.2) is 0 Å². The number of piperidine rings is 1. The molecular formula is C24H31N3O2. The lowest BCUT2D eigenvalue weighted by molar-refractivity contribution is -0.123. The van der Waals surface area contributed by atoms with Gasteiger partial charge in [0.15, 0.2) is 0 Å². The van der Waals surface area contributed by atoms with Gasteiger partial charge in [0.1, 0.15) is 5.69 Å². The third kappa shape index (κ3) is 4.11. The molecule has 2 aromatic rings. The summed E-state index contributed by atoms with van der Waals surface area (Å²) >= 11 is 0. The molecule has 5 heteroatoms. The second kappa shape index (κ2) is 7.60. The second-order valence-corrected chi connectivity index (χ2v) is 9.36. The first-order valence-electron chi connectivity index (χ1n) is 11.1. The summed E-state index contributed by atoms with van der Waals surface area (Å²) in [6.07, 6.45) is 7.66. The minimum Gasteiger partial charge on any atom is -0.375 e. The van der Waals surface area contributed by atoms with E-state index in [9.17, 15) is 4.79 Å². The zero-order chi connectivity index (χ0) is 19.8. The number of H-pyrrole nitrogens is 1. The van der Waals surface area contributed by atoms with Crippen molar-refractivity contribution in [2.75, 3.05) is 19.7 Å². The minimum atomic E-state index is -0.0465. The highest BCUT2D eigenvalue weighted by molar-refractivity contribution is 5.92. The molecule has 1 aromatic carbocycles. The molecule has 2 aliphatic heterocycles. The molecule has 1 N–H and O–H groups in total. The molecule has 2 saturated heterocycles. The van der Waals surface area contributed by atoms with E-state index >= 15 is 0 Å². The number of aromatic amines is 1. The number of nitrogens with one attached hydrogen (secondary N) is 1. The number of carbonyl (C=O) groups excluding carboxylic acids is 1. The van der Waals surface area contributed by atoms with Gasteiger partial charge in [-0.2, -0.15) is 5.10 Å². The SMILES string of the molecule is Cc1ccc(CC2CCOC3(CCN(C(=O)c4cc(C5CC5)[nH]n4)CC3)C2)cc1. The standard InChI is InChI=1S/C24H31N3O2/c1-17-2-4-18(5-3-17)14-19-8-13-29-24(16-19)9-11-27(12-10-24)23(28)22-15-21(25-26-22)20-6-7-20/h2-5,15,19-20H,6-14,16H2,1H3,(H,25,26). The summed E-state index contributed by atoms with van der Waals surface area (Å²) in [5.41, 5.74) is 4.39. The van der Waals surface area contributed by atoms with Crippen LogP contribution in [0.4, 0.5) is 0 Å². The van der Waals surface area contributed by atoms with Crippen LogP contribution in [0.2, 0.25) is 0 Å². The number of nitrogens with zero attached hydrogens (tertiary/aromatic N) is 2. The maximum atomic E-state index is 12.9. The van der Waals surface area contributed by atoms with E-state index in [2.05, 4.69) is 41.4 Å². The number of carbonyl (C=O) groups is 1. The number of hydrogen-bond acceptors (Lipinski definition) is 3. The summed E-state index contributed by atoms with van der Waals surface area (Å²) < 4.78 is 6.31. The number of aryl methyl sites for hydroxylation is 1. The number of ether oxygens (including phenoxy) is 1. The molecule has 5 rings (SSSR count). The van der Waals surface area contributed by atoms with Crippen LogP contribution in [0, 0.1) is 12.8 Å². The molecular weight excluding hydrogens is 362 g/mol. The fourth-order valence-electron chi connectivity index (χ4n) is 5.04. The monoisotopic (exact) mass is 393 g/mol. The van der Waals surface area contributed by atoms with Gasteiger partial charge >= 0.3 is 0 Å². The van der Waals surface area contributed by atoms with Crippen molar-refractivity contribution in [1.82, 2.24) is 15.1 Å². The van der Waals surface area contributed by atoms with Gasteiger partial charge in [-0.15, -0.1) is 0 Å². The van der Waals surface area contributed by atoms with Crippen LogP contribution in [0.3, 0.4) is 0 Å². The Morgan fingerprint density at radius 3 is 2.69 bits per heavy atom. The molecule has 29 heavy (non-hydrogen) atoms. The van der Waals surface area contributed by atoms with Crippen LogP contribution in [-0.2, 0) is 11.2 Å². The van der Waals surface area contributed by atoms with E-state index in [1.54, 1.807) is 0 Å². The predicted molar refractivity (Wildman–Crippen MR) is 112 cm³/mol. The van der Waals surface area contributed by atoms with Gasteiger partial charge in [0.25, 0.3) is 5.91 Å². The van der Waals surface area contributed by atoms with Crippen molar-refractivity contribution >= 4 is 5.91 Å². The minimum absolute atomic E-state index is 0.0465. The summed E-state index contributed by atoms with van der Waals surface area (Å²) in [7, 11) is 0. The van der Waals surface area contributed by atoms with Crippen molar-refractivity contribution in [3.8, 4) is 0 Å². The van der Waals surface area contributed by atoms with Crippen molar-refractivity contribution in [2.24, 2.45) is 5.92 Å². The number of amides is 1. The molecule has 3 heterocycles. The summed E-state index contributed by atoms with van der Waals surface area (Å²) in [5, 5.41) is 7.33. The zero-order valence-corrected chi connectivity index (χ0v) is 17.3. The van der Waals surface area contributed by atoms with E-state index in [4.69, 9.17) is 4.74 Å². The second-order valence-electron chi connectivity index (χ2n) is 9.36. The lowest BCUT2D eigenvalue weighted by Gasteiger charge is -2.46. The van der Waals surface area contributed by atoms with E-state index in [0.29, 0.717) is 17.5 Å². The van der Waals surface area contributed by atoms with Crippen LogP contribution in [-0.4, -0.2) is 46.3 Å².